The number of ether oxygens (including phenoxy) is 2. The van der Waals surface area contributed by atoms with E-state index in [0.717, 1.165) is 6.42 Å². The highest BCUT2D eigenvalue weighted by molar-refractivity contribution is 9.10. The van der Waals surface area contributed by atoms with E-state index in [0.29, 0.717) is 39.1 Å². The first kappa shape index (κ1) is 22.0. The van der Waals surface area contributed by atoms with E-state index in [1.54, 1.807) is 42.5 Å². The number of benzene rings is 2. The van der Waals surface area contributed by atoms with Crippen molar-refractivity contribution in [2.24, 2.45) is 5.92 Å². The summed E-state index contributed by atoms with van der Waals surface area (Å²) in [6.45, 7) is 4.63. The van der Waals surface area contributed by atoms with Crippen LogP contribution in [0.3, 0.4) is 0 Å². The Balaban J connectivity index is 1.75. The lowest BCUT2D eigenvalue weighted by atomic mass is 10.1. The summed E-state index contributed by atoms with van der Waals surface area (Å²) in [4.78, 5) is 23.9. The average molecular weight is 470 g/mol. The number of carbonyl (C=O) groups is 2. The van der Waals surface area contributed by atoms with E-state index in [1.807, 2.05) is 0 Å². The van der Waals surface area contributed by atoms with E-state index in [1.165, 1.54) is 0 Å². The van der Waals surface area contributed by atoms with Crippen molar-refractivity contribution >= 4 is 39.3 Å². The van der Waals surface area contributed by atoms with E-state index >= 15 is 0 Å². The number of hydrogen-bond acceptors (Lipinski definition) is 4. The molecule has 0 bridgehead atoms. The fraction of sp³-hybridized carbons (Fsp3) is 0.300. The lowest BCUT2D eigenvalue weighted by Gasteiger charge is -2.11. The van der Waals surface area contributed by atoms with Gasteiger partial charge < -0.3 is 9.47 Å². The topological polar surface area (TPSA) is 76.7 Å². The second-order valence-electron chi connectivity index (χ2n) is 6.42. The van der Waals surface area contributed by atoms with Gasteiger partial charge >= 0.3 is 0 Å². The van der Waals surface area contributed by atoms with Crippen LogP contribution in [0.2, 0.25) is 5.02 Å². The molecule has 2 aromatic rings. The lowest BCUT2D eigenvalue weighted by Crippen LogP contribution is -2.43. The maximum absolute atomic E-state index is 12.1. The number of halogens is 2. The first-order valence-electron chi connectivity index (χ1n) is 8.75. The summed E-state index contributed by atoms with van der Waals surface area (Å²) in [5.74, 6) is 0.805. The summed E-state index contributed by atoms with van der Waals surface area (Å²) in [6.07, 6.45) is 0.961. The minimum absolute atomic E-state index is 0.261. The van der Waals surface area contributed by atoms with Gasteiger partial charge in [0.2, 0.25) is 0 Å². The Labute approximate surface area is 177 Å². The molecule has 6 nitrogen and oxygen atoms in total. The first-order chi connectivity index (χ1) is 13.3. The summed E-state index contributed by atoms with van der Waals surface area (Å²) in [7, 11) is 0. The maximum Gasteiger partial charge on any atom is 0.276 e. The molecule has 0 saturated carbocycles. The van der Waals surface area contributed by atoms with E-state index in [2.05, 4.69) is 40.6 Å². The van der Waals surface area contributed by atoms with Gasteiger partial charge in [0.1, 0.15) is 11.5 Å². The SMILES string of the molecule is CC(C)CCOc1ccc(C(=O)NNC(=O)COc2ccc(Cl)cc2Br)cc1. The zero-order valence-corrected chi connectivity index (χ0v) is 18.0. The second-order valence-corrected chi connectivity index (χ2v) is 7.71. The van der Waals surface area contributed by atoms with Crippen molar-refractivity contribution in [3.05, 3.63) is 57.5 Å². The highest BCUT2D eigenvalue weighted by atomic mass is 79.9. The molecule has 2 rings (SSSR count). The third-order valence-electron chi connectivity index (χ3n) is 3.65. The van der Waals surface area contributed by atoms with Gasteiger partial charge in [-0.25, -0.2) is 0 Å². The highest BCUT2D eigenvalue weighted by Gasteiger charge is 2.09. The Bertz CT molecular complexity index is 812. The predicted octanol–water partition coefficient (Wildman–Crippen LogP) is 4.37. The summed E-state index contributed by atoms with van der Waals surface area (Å²) in [6, 6.07) is 11.7. The molecule has 150 valence electrons. The molecule has 0 atom stereocenters. The maximum atomic E-state index is 12.1. The molecule has 0 fully saturated rings. The molecule has 2 N–H and O–H groups in total. The second kappa shape index (κ2) is 10.9. The van der Waals surface area contributed by atoms with Gasteiger partial charge in [-0.2, -0.15) is 0 Å². The van der Waals surface area contributed by atoms with Gasteiger partial charge in [0.05, 0.1) is 11.1 Å². The molecule has 8 heteroatoms. The molecule has 2 amide bonds. The van der Waals surface area contributed by atoms with Crippen molar-refractivity contribution in [2.45, 2.75) is 20.3 Å². The minimum atomic E-state index is -0.496. The Morgan fingerprint density at radius 2 is 1.79 bits per heavy atom. The minimum Gasteiger partial charge on any atom is -0.494 e. The molecule has 0 aliphatic carbocycles. The molecule has 0 radical (unpaired) electrons. The van der Waals surface area contributed by atoms with Crippen LogP contribution in [0.4, 0.5) is 0 Å². The number of rotatable bonds is 8. The molecule has 0 aliphatic rings. The van der Waals surface area contributed by atoms with Crippen molar-refractivity contribution in [3.8, 4) is 11.5 Å². The molecule has 28 heavy (non-hydrogen) atoms. The van der Waals surface area contributed by atoms with Gasteiger partial charge in [0.25, 0.3) is 11.8 Å². The van der Waals surface area contributed by atoms with Crippen molar-refractivity contribution in [3.63, 3.8) is 0 Å². The molecular weight excluding hydrogens is 448 g/mol. The van der Waals surface area contributed by atoms with Crippen molar-refractivity contribution < 1.29 is 19.1 Å². The van der Waals surface area contributed by atoms with Gasteiger partial charge in [-0.05, 0) is 70.7 Å². The smallest absolute Gasteiger partial charge is 0.276 e. The van der Waals surface area contributed by atoms with Gasteiger partial charge in [-0.3, -0.25) is 20.4 Å². The summed E-state index contributed by atoms with van der Waals surface area (Å²) < 4.78 is 11.6. The molecule has 0 aromatic heterocycles. The molecule has 0 heterocycles. The van der Waals surface area contributed by atoms with Gasteiger partial charge in [0.15, 0.2) is 6.61 Å². The Morgan fingerprint density at radius 1 is 1.07 bits per heavy atom. The molecule has 0 spiro atoms. The molecule has 0 saturated heterocycles. The summed E-state index contributed by atoms with van der Waals surface area (Å²) in [5.41, 5.74) is 5.05. The largest absolute Gasteiger partial charge is 0.494 e. The fourth-order valence-corrected chi connectivity index (χ4v) is 2.88. The van der Waals surface area contributed by atoms with Crippen LogP contribution in [0, 0.1) is 5.92 Å². The Morgan fingerprint density at radius 3 is 2.43 bits per heavy atom. The first-order valence-corrected chi connectivity index (χ1v) is 9.92. The van der Waals surface area contributed by atoms with Crippen LogP contribution in [-0.2, 0) is 4.79 Å². The van der Waals surface area contributed by atoms with E-state index < -0.39 is 11.8 Å². The van der Waals surface area contributed by atoms with Crippen LogP contribution in [-0.4, -0.2) is 25.0 Å². The van der Waals surface area contributed by atoms with Crippen LogP contribution < -0.4 is 20.3 Å². The summed E-state index contributed by atoms with van der Waals surface area (Å²) >= 11 is 9.15. The standard InChI is InChI=1S/C20H22BrClN2O4/c1-13(2)9-10-27-16-6-3-14(4-7-16)20(26)24-23-19(25)12-28-18-8-5-15(22)11-17(18)21/h3-8,11,13H,9-10,12H2,1-2H3,(H,23,25)(H,24,26). The molecule has 2 aromatic carbocycles. The van der Waals surface area contributed by atoms with Crippen LogP contribution in [0.25, 0.3) is 0 Å². The van der Waals surface area contributed by atoms with E-state index in [-0.39, 0.29) is 6.61 Å². The quantitative estimate of drug-likeness (QED) is 0.563. The molecular formula is C20H22BrClN2O4. The highest BCUT2D eigenvalue weighted by Crippen LogP contribution is 2.27. The zero-order valence-electron chi connectivity index (χ0n) is 15.6. The molecule has 0 aliphatic heterocycles. The number of carbonyl (C=O) groups excluding carboxylic acids is 2. The van der Waals surface area contributed by atoms with Crippen LogP contribution in [0.5, 0.6) is 11.5 Å². The van der Waals surface area contributed by atoms with E-state index in [9.17, 15) is 9.59 Å². The van der Waals surface area contributed by atoms with Crippen LogP contribution >= 0.6 is 27.5 Å². The normalized spacial score (nSPS) is 10.5. The third-order valence-corrected chi connectivity index (χ3v) is 4.50. The fourth-order valence-electron chi connectivity index (χ4n) is 2.09. The number of amides is 2. The summed E-state index contributed by atoms with van der Waals surface area (Å²) in [5, 5.41) is 0.548. The van der Waals surface area contributed by atoms with Crippen molar-refractivity contribution in [2.75, 3.05) is 13.2 Å². The number of hydrazine groups is 1. The molecule has 0 unspecified atom stereocenters. The van der Waals surface area contributed by atoms with Gasteiger partial charge in [-0.1, -0.05) is 25.4 Å². The Kier molecular flexibility index (Phi) is 8.60. The van der Waals surface area contributed by atoms with Crippen molar-refractivity contribution in [1.29, 1.82) is 0 Å². The predicted molar refractivity (Wildman–Crippen MR) is 112 cm³/mol. The van der Waals surface area contributed by atoms with Gasteiger partial charge in [-0.15, -0.1) is 0 Å². The van der Waals surface area contributed by atoms with E-state index in [4.69, 9.17) is 21.1 Å². The third kappa shape index (κ3) is 7.40. The Hall–Kier alpha value is -2.25. The monoisotopic (exact) mass is 468 g/mol. The van der Waals surface area contributed by atoms with Crippen LogP contribution in [0.15, 0.2) is 46.9 Å². The lowest BCUT2D eigenvalue weighted by molar-refractivity contribution is -0.123. The van der Waals surface area contributed by atoms with Crippen LogP contribution in [0.1, 0.15) is 30.6 Å². The number of hydrogen-bond donors (Lipinski definition) is 2. The number of nitrogens with one attached hydrogen (secondary N) is 2. The average Bonchev–Trinajstić information content (AvgIpc) is 2.65. The van der Waals surface area contributed by atoms with Crippen molar-refractivity contribution in [1.82, 2.24) is 10.9 Å². The van der Waals surface area contributed by atoms with Gasteiger partial charge in [0, 0.05) is 10.6 Å². The zero-order chi connectivity index (χ0) is 20.5.